The molecular formula is C11H20N2O3S. The first-order chi connectivity index (χ1) is 8.13. The van der Waals surface area contributed by atoms with Gasteiger partial charge in [0.25, 0.3) is 0 Å². The Morgan fingerprint density at radius 2 is 2.18 bits per heavy atom. The molecule has 3 N–H and O–H groups in total. The number of aliphatic carboxylic acids is 1. The molecule has 0 spiro atoms. The van der Waals surface area contributed by atoms with Gasteiger partial charge in [-0.3, -0.25) is 4.79 Å². The minimum Gasteiger partial charge on any atom is -0.481 e. The number of urea groups is 1. The van der Waals surface area contributed by atoms with E-state index in [1.165, 1.54) is 0 Å². The van der Waals surface area contributed by atoms with E-state index in [4.69, 9.17) is 5.11 Å². The molecule has 2 unspecified atom stereocenters. The van der Waals surface area contributed by atoms with Crippen LogP contribution in [0.2, 0.25) is 0 Å². The minimum atomic E-state index is -0.828. The average molecular weight is 260 g/mol. The third-order valence-corrected chi connectivity index (χ3v) is 4.09. The lowest BCUT2D eigenvalue weighted by molar-refractivity contribution is -0.137. The topological polar surface area (TPSA) is 78.4 Å². The summed E-state index contributed by atoms with van der Waals surface area (Å²) in [6, 6.07) is 0.0748. The van der Waals surface area contributed by atoms with E-state index >= 15 is 0 Å². The SMILES string of the molecule is CSC1CCCC1NC(=O)NCCCC(=O)O. The molecule has 1 aliphatic carbocycles. The Morgan fingerprint density at radius 3 is 2.82 bits per heavy atom. The Morgan fingerprint density at radius 1 is 1.41 bits per heavy atom. The molecule has 98 valence electrons. The highest BCUT2D eigenvalue weighted by Gasteiger charge is 2.27. The first-order valence-corrected chi connectivity index (χ1v) is 7.21. The predicted molar refractivity (Wildman–Crippen MR) is 68.3 cm³/mol. The van der Waals surface area contributed by atoms with E-state index in [0.717, 1.165) is 19.3 Å². The van der Waals surface area contributed by atoms with Crippen molar-refractivity contribution in [3.63, 3.8) is 0 Å². The zero-order valence-corrected chi connectivity index (χ0v) is 10.9. The number of carbonyl (C=O) groups is 2. The summed E-state index contributed by atoms with van der Waals surface area (Å²) in [6.45, 7) is 0.411. The summed E-state index contributed by atoms with van der Waals surface area (Å²) < 4.78 is 0. The van der Waals surface area contributed by atoms with Gasteiger partial charge in [-0.1, -0.05) is 6.42 Å². The first-order valence-electron chi connectivity index (χ1n) is 5.92. The molecule has 0 aromatic heterocycles. The maximum absolute atomic E-state index is 11.5. The normalized spacial score (nSPS) is 23.4. The fourth-order valence-corrected chi connectivity index (χ4v) is 2.97. The molecule has 1 saturated carbocycles. The molecule has 0 saturated heterocycles. The van der Waals surface area contributed by atoms with Crippen LogP contribution in [0.1, 0.15) is 32.1 Å². The lowest BCUT2D eigenvalue weighted by Gasteiger charge is -2.19. The lowest BCUT2D eigenvalue weighted by atomic mass is 10.2. The van der Waals surface area contributed by atoms with Gasteiger partial charge in [-0.25, -0.2) is 4.79 Å². The number of amides is 2. The number of carbonyl (C=O) groups excluding carboxylic acids is 1. The Kier molecular flexibility index (Phi) is 6.18. The third kappa shape index (κ3) is 5.30. The monoisotopic (exact) mass is 260 g/mol. The summed E-state index contributed by atoms with van der Waals surface area (Å²) in [5.41, 5.74) is 0. The number of hydrogen-bond acceptors (Lipinski definition) is 3. The Balaban J connectivity index is 2.14. The molecular weight excluding hydrogens is 240 g/mol. The van der Waals surface area contributed by atoms with E-state index in [1.807, 2.05) is 0 Å². The number of carboxylic acids is 1. The number of hydrogen-bond donors (Lipinski definition) is 3. The molecule has 2 atom stereocenters. The van der Waals surface area contributed by atoms with Gasteiger partial charge in [0.2, 0.25) is 0 Å². The van der Waals surface area contributed by atoms with Crippen molar-refractivity contribution in [1.82, 2.24) is 10.6 Å². The van der Waals surface area contributed by atoms with Crippen LogP contribution in [0.15, 0.2) is 0 Å². The molecule has 0 aromatic rings. The molecule has 0 heterocycles. The van der Waals surface area contributed by atoms with Crippen molar-refractivity contribution in [3.8, 4) is 0 Å². The molecule has 0 aromatic carbocycles. The van der Waals surface area contributed by atoms with Crippen LogP contribution >= 0.6 is 11.8 Å². The van der Waals surface area contributed by atoms with Gasteiger partial charge in [0.1, 0.15) is 0 Å². The molecule has 17 heavy (non-hydrogen) atoms. The molecule has 2 amide bonds. The molecule has 1 fully saturated rings. The average Bonchev–Trinajstić information content (AvgIpc) is 2.71. The molecule has 1 rings (SSSR count). The van der Waals surface area contributed by atoms with E-state index in [-0.39, 0.29) is 18.5 Å². The molecule has 0 radical (unpaired) electrons. The van der Waals surface area contributed by atoms with Crippen LogP contribution in [0.5, 0.6) is 0 Å². The van der Waals surface area contributed by atoms with E-state index in [1.54, 1.807) is 11.8 Å². The Bertz CT molecular complexity index is 273. The van der Waals surface area contributed by atoms with E-state index in [0.29, 0.717) is 18.2 Å². The maximum atomic E-state index is 11.5. The maximum Gasteiger partial charge on any atom is 0.315 e. The zero-order chi connectivity index (χ0) is 12.7. The predicted octanol–water partition coefficient (Wildman–Crippen LogP) is 1.43. The van der Waals surface area contributed by atoms with Crippen LogP contribution in [-0.4, -0.2) is 41.2 Å². The summed E-state index contributed by atoms with van der Waals surface area (Å²) in [6.07, 6.45) is 5.99. The second-order valence-electron chi connectivity index (χ2n) is 4.21. The van der Waals surface area contributed by atoms with Gasteiger partial charge in [0.15, 0.2) is 0 Å². The van der Waals surface area contributed by atoms with Crippen molar-refractivity contribution < 1.29 is 14.7 Å². The second-order valence-corrected chi connectivity index (χ2v) is 5.29. The van der Waals surface area contributed by atoms with Gasteiger partial charge in [-0.15, -0.1) is 0 Å². The van der Waals surface area contributed by atoms with Gasteiger partial charge in [0.05, 0.1) is 0 Å². The van der Waals surface area contributed by atoms with E-state index in [2.05, 4.69) is 16.9 Å². The molecule has 0 bridgehead atoms. The van der Waals surface area contributed by atoms with Crippen LogP contribution < -0.4 is 10.6 Å². The third-order valence-electron chi connectivity index (χ3n) is 2.92. The fourth-order valence-electron chi connectivity index (χ4n) is 2.03. The van der Waals surface area contributed by atoms with Gasteiger partial charge in [0, 0.05) is 24.3 Å². The van der Waals surface area contributed by atoms with Gasteiger partial charge >= 0.3 is 12.0 Å². The summed E-state index contributed by atoms with van der Waals surface area (Å²) in [5, 5.41) is 14.6. The van der Waals surface area contributed by atoms with Crippen molar-refractivity contribution >= 4 is 23.8 Å². The van der Waals surface area contributed by atoms with Crippen molar-refractivity contribution in [3.05, 3.63) is 0 Å². The molecule has 5 nitrogen and oxygen atoms in total. The number of carboxylic acid groups (broad SMARTS) is 1. The summed E-state index contributed by atoms with van der Waals surface area (Å²) in [4.78, 5) is 21.8. The first kappa shape index (κ1) is 14.2. The van der Waals surface area contributed by atoms with Crippen LogP contribution in [0.3, 0.4) is 0 Å². The second kappa shape index (κ2) is 7.42. The van der Waals surface area contributed by atoms with Crippen molar-refractivity contribution in [1.29, 1.82) is 0 Å². The zero-order valence-electron chi connectivity index (χ0n) is 10.1. The number of nitrogens with one attached hydrogen (secondary N) is 2. The van der Waals surface area contributed by atoms with E-state index < -0.39 is 5.97 Å². The summed E-state index contributed by atoms with van der Waals surface area (Å²) in [7, 11) is 0. The Labute approximate surface area is 106 Å². The van der Waals surface area contributed by atoms with Crippen LogP contribution in [0, 0.1) is 0 Å². The fraction of sp³-hybridized carbons (Fsp3) is 0.818. The van der Waals surface area contributed by atoms with Crippen molar-refractivity contribution in [2.24, 2.45) is 0 Å². The number of thioether (sulfide) groups is 1. The largest absolute Gasteiger partial charge is 0.481 e. The van der Waals surface area contributed by atoms with Gasteiger partial charge < -0.3 is 15.7 Å². The number of rotatable bonds is 6. The van der Waals surface area contributed by atoms with Crippen LogP contribution in [-0.2, 0) is 4.79 Å². The molecule has 0 aliphatic heterocycles. The van der Waals surface area contributed by atoms with Crippen LogP contribution in [0.25, 0.3) is 0 Å². The summed E-state index contributed by atoms with van der Waals surface area (Å²) in [5.74, 6) is -0.828. The smallest absolute Gasteiger partial charge is 0.315 e. The summed E-state index contributed by atoms with van der Waals surface area (Å²) >= 11 is 1.79. The Hall–Kier alpha value is -0.910. The highest BCUT2D eigenvalue weighted by atomic mass is 32.2. The molecule has 6 heteroatoms. The van der Waals surface area contributed by atoms with Gasteiger partial charge in [-0.05, 0) is 25.5 Å². The highest BCUT2D eigenvalue weighted by Crippen LogP contribution is 2.28. The molecule has 1 aliphatic rings. The van der Waals surface area contributed by atoms with E-state index in [9.17, 15) is 9.59 Å². The quantitative estimate of drug-likeness (QED) is 0.631. The van der Waals surface area contributed by atoms with Crippen molar-refractivity contribution in [2.45, 2.75) is 43.4 Å². The standard InChI is InChI=1S/C11H20N2O3S/c1-17-9-5-2-4-8(9)13-11(16)12-7-3-6-10(14)15/h8-9H,2-7H2,1H3,(H,14,15)(H2,12,13,16). The van der Waals surface area contributed by atoms with Gasteiger partial charge in [-0.2, -0.15) is 11.8 Å². The van der Waals surface area contributed by atoms with Crippen LogP contribution in [0.4, 0.5) is 4.79 Å². The van der Waals surface area contributed by atoms with Crippen molar-refractivity contribution in [2.75, 3.05) is 12.8 Å². The minimum absolute atomic E-state index is 0.0944. The highest BCUT2D eigenvalue weighted by molar-refractivity contribution is 7.99. The lowest BCUT2D eigenvalue weighted by Crippen LogP contribution is -2.44.